The summed E-state index contributed by atoms with van der Waals surface area (Å²) in [6.45, 7) is 2.18. The first-order chi connectivity index (χ1) is 9.63. The lowest BCUT2D eigenvalue weighted by Crippen LogP contribution is -2.39. The van der Waals surface area contributed by atoms with E-state index >= 15 is 0 Å². The van der Waals surface area contributed by atoms with Crippen LogP contribution in [0.3, 0.4) is 0 Å². The topological polar surface area (TPSA) is 68.5 Å². The molecule has 0 amide bonds. The molecule has 0 spiro atoms. The molecule has 1 aromatic heterocycles. The van der Waals surface area contributed by atoms with Gasteiger partial charge in [0.1, 0.15) is 11.4 Å². The predicted octanol–water partition coefficient (Wildman–Crippen LogP) is 1.96. The molecule has 0 bridgehead atoms. The molecule has 0 radical (unpaired) electrons. The molecule has 0 saturated heterocycles. The molecule has 0 aromatic carbocycles. The molecule has 2 rings (SSSR count). The van der Waals surface area contributed by atoms with Crippen molar-refractivity contribution in [2.45, 2.75) is 44.7 Å². The van der Waals surface area contributed by atoms with E-state index in [2.05, 4.69) is 9.88 Å². The highest BCUT2D eigenvalue weighted by Gasteiger charge is 2.25. The van der Waals surface area contributed by atoms with Gasteiger partial charge in [0.15, 0.2) is 0 Å². The third-order valence-electron chi connectivity index (χ3n) is 3.91. The van der Waals surface area contributed by atoms with Gasteiger partial charge in [0.2, 0.25) is 0 Å². The standard InChI is InChI=1S/C15H23N3O2/c1-3-20-15(19)13-5-4-10-17-14(13)18(2)12-8-6-11(16)7-9-12/h4-5,10-12H,3,6-9,16H2,1-2H3. The molecular formula is C15H23N3O2. The Morgan fingerprint density at radius 2 is 2.15 bits per heavy atom. The average Bonchev–Trinajstić information content (AvgIpc) is 2.47. The van der Waals surface area contributed by atoms with Gasteiger partial charge in [-0.1, -0.05) is 0 Å². The number of anilines is 1. The van der Waals surface area contributed by atoms with Gasteiger partial charge in [-0.15, -0.1) is 0 Å². The first-order valence-corrected chi connectivity index (χ1v) is 7.24. The molecule has 0 atom stereocenters. The number of pyridine rings is 1. The number of ether oxygens (including phenoxy) is 1. The van der Waals surface area contributed by atoms with Crippen LogP contribution in [0.1, 0.15) is 43.0 Å². The predicted molar refractivity (Wildman–Crippen MR) is 78.8 cm³/mol. The van der Waals surface area contributed by atoms with Crippen LogP contribution in [-0.4, -0.2) is 36.7 Å². The molecule has 2 N–H and O–H groups in total. The molecule has 1 heterocycles. The van der Waals surface area contributed by atoms with Crippen molar-refractivity contribution in [3.05, 3.63) is 23.9 Å². The fourth-order valence-corrected chi connectivity index (χ4v) is 2.71. The first kappa shape index (κ1) is 14.8. The van der Waals surface area contributed by atoms with Crippen LogP contribution in [-0.2, 0) is 4.74 Å². The summed E-state index contributed by atoms with van der Waals surface area (Å²) < 4.78 is 5.10. The van der Waals surface area contributed by atoms with Gasteiger partial charge >= 0.3 is 5.97 Å². The monoisotopic (exact) mass is 277 g/mol. The average molecular weight is 277 g/mol. The maximum absolute atomic E-state index is 12.0. The Hall–Kier alpha value is -1.62. The van der Waals surface area contributed by atoms with Gasteiger partial charge in [0.05, 0.1) is 6.61 Å². The second-order valence-corrected chi connectivity index (χ2v) is 5.27. The van der Waals surface area contributed by atoms with Gasteiger partial charge in [0, 0.05) is 25.3 Å². The molecule has 5 heteroatoms. The Morgan fingerprint density at radius 1 is 1.45 bits per heavy atom. The van der Waals surface area contributed by atoms with E-state index in [9.17, 15) is 4.79 Å². The van der Waals surface area contributed by atoms with Crippen molar-refractivity contribution in [3.8, 4) is 0 Å². The fourth-order valence-electron chi connectivity index (χ4n) is 2.71. The first-order valence-electron chi connectivity index (χ1n) is 7.24. The van der Waals surface area contributed by atoms with Crippen LogP contribution in [0, 0.1) is 0 Å². The quantitative estimate of drug-likeness (QED) is 0.852. The third kappa shape index (κ3) is 3.28. The SMILES string of the molecule is CCOC(=O)c1cccnc1N(C)C1CCC(N)CC1. The van der Waals surface area contributed by atoms with Crippen LogP contribution in [0.5, 0.6) is 0 Å². The largest absolute Gasteiger partial charge is 0.462 e. The van der Waals surface area contributed by atoms with Crippen LogP contribution < -0.4 is 10.6 Å². The van der Waals surface area contributed by atoms with Crippen molar-refractivity contribution in [1.29, 1.82) is 0 Å². The Morgan fingerprint density at radius 3 is 2.80 bits per heavy atom. The van der Waals surface area contributed by atoms with Crippen molar-refractivity contribution in [1.82, 2.24) is 4.98 Å². The number of nitrogens with zero attached hydrogens (tertiary/aromatic N) is 2. The lowest BCUT2D eigenvalue weighted by molar-refractivity contribution is 0.0526. The minimum absolute atomic E-state index is 0.310. The van der Waals surface area contributed by atoms with Crippen LogP contribution >= 0.6 is 0 Å². The van der Waals surface area contributed by atoms with Gasteiger partial charge in [0.25, 0.3) is 0 Å². The zero-order chi connectivity index (χ0) is 14.5. The summed E-state index contributed by atoms with van der Waals surface area (Å²) in [7, 11) is 1.99. The molecule has 110 valence electrons. The Kier molecular flexibility index (Phi) is 4.95. The van der Waals surface area contributed by atoms with E-state index < -0.39 is 0 Å². The molecule has 1 aliphatic carbocycles. The number of rotatable bonds is 4. The van der Waals surface area contributed by atoms with E-state index in [1.165, 1.54) is 0 Å². The van der Waals surface area contributed by atoms with Crippen molar-refractivity contribution in [2.24, 2.45) is 5.73 Å². The zero-order valence-electron chi connectivity index (χ0n) is 12.2. The van der Waals surface area contributed by atoms with Gasteiger partial charge in [-0.05, 0) is 44.7 Å². The Labute approximate surface area is 120 Å². The molecule has 0 unspecified atom stereocenters. The van der Waals surface area contributed by atoms with Crippen LogP contribution in [0.2, 0.25) is 0 Å². The van der Waals surface area contributed by atoms with Crippen molar-refractivity contribution < 1.29 is 9.53 Å². The smallest absolute Gasteiger partial charge is 0.341 e. The minimum Gasteiger partial charge on any atom is -0.462 e. The van der Waals surface area contributed by atoms with E-state index in [1.807, 2.05) is 7.05 Å². The highest BCUT2D eigenvalue weighted by molar-refractivity contribution is 5.94. The van der Waals surface area contributed by atoms with E-state index in [0.29, 0.717) is 30.1 Å². The molecule has 0 aliphatic heterocycles. The Balaban J connectivity index is 2.17. The van der Waals surface area contributed by atoms with E-state index in [0.717, 1.165) is 25.7 Å². The number of hydrogen-bond donors (Lipinski definition) is 1. The fraction of sp³-hybridized carbons (Fsp3) is 0.600. The Bertz CT molecular complexity index is 456. The maximum Gasteiger partial charge on any atom is 0.341 e. The zero-order valence-corrected chi connectivity index (χ0v) is 12.2. The molecule has 1 saturated carbocycles. The molecule has 1 aliphatic rings. The summed E-state index contributed by atoms with van der Waals surface area (Å²) in [5.74, 6) is 0.390. The highest BCUT2D eigenvalue weighted by atomic mass is 16.5. The number of aromatic nitrogens is 1. The van der Waals surface area contributed by atoms with Gasteiger partial charge < -0.3 is 15.4 Å². The van der Waals surface area contributed by atoms with Crippen molar-refractivity contribution in [3.63, 3.8) is 0 Å². The van der Waals surface area contributed by atoms with Gasteiger partial charge in [-0.3, -0.25) is 0 Å². The van der Waals surface area contributed by atoms with Gasteiger partial charge in [-0.25, -0.2) is 9.78 Å². The number of carbonyl (C=O) groups excluding carboxylic acids is 1. The van der Waals surface area contributed by atoms with Gasteiger partial charge in [-0.2, -0.15) is 0 Å². The molecule has 20 heavy (non-hydrogen) atoms. The summed E-state index contributed by atoms with van der Waals surface area (Å²) in [6.07, 6.45) is 5.84. The van der Waals surface area contributed by atoms with Crippen LogP contribution in [0.4, 0.5) is 5.82 Å². The highest BCUT2D eigenvalue weighted by Crippen LogP contribution is 2.26. The van der Waals surface area contributed by atoms with E-state index in [1.54, 1.807) is 25.3 Å². The van der Waals surface area contributed by atoms with Crippen LogP contribution in [0.25, 0.3) is 0 Å². The summed E-state index contributed by atoms with van der Waals surface area (Å²) in [5.41, 5.74) is 6.48. The summed E-state index contributed by atoms with van der Waals surface area (Å²) >= 11 is 0. The molecule has 5 nitrogen and oxygen atoms in total. The summed E-state index contributed by atoms with van der Waals surface area (Å²) in [4.78, 5) is 18.5. The third-order valence-corrected chi connectivity index (χ3v) is 3.91. The number of nitrogens with two attached hydrogens (primary N) is 1. The summed E-state index contributed by atoms with van der Waals surface area (Å²) in [5, 5.41) is 0. The number of carbonyl (C=O) groups is 1. The van der Waals surface area contributed by atoms with Crippen molar-refractivity contribution >= 4 is 11.8 Å². The number of esters is 1. The summed E-state index contributed by atoms with van der Waals surface area (Å²) in [6, 6.07) is 4.23. The number of hydrogen-bond acceptors (Lipinski definition) is 5. The minimum atomic E-state index is -0.310. The van der Waals surface area contributed by atoms with E-state index in [-0.39, 0.29) is 5.97 Å². The second kappa shape index (κ2) is 6.70. The van der Waals surface area contributed by atoms with Crippen molar-refractivity contribution in [2.75, 3.05) is 18.6 Å². The molecule has 1 aromatic rings. The van der Waals surface area contributed by atoms with Crippen LogP contribution in [0.15, 0.2) is 18.3 Å². The lowest BCUT2D eigenvalue weighted by Gasteiger charge is -2.34. The molecule has 1 fully saturated rings. The molecular weight excluding hydrogens is 254 g/mol. The lowest BCUT2D eigenvalue weighted by atomic mass is 9.91. The maximum atomic E-state index is 12.0. The normalized spacial score (nSPS) is 22.4. The second-order valence-electron chi connectivity index (χ2n) is 5.27. The van der Waals surface area contributed by atoms with E-state index in [4.69, 9.17) is 10.5 Å².